The lowest BCUT2D eigenvalue weighted by Crippen LogP contribution is -2.42. The predicted molar refractivity (Wildman–Crippen MR) is 133 cm³/mol. The van der Waals surface area contributed by atoms with E-state index >= 15 is 0 Å². The summed E-state index contributed by atoms with van der Waals surface area (Å²) in [4.78, 5) is 24.5. The largest absolute Gasteiger partial charge is 0.348 e. The first-order valence-electron chi connectivity index (χ1n) is 11.6. The highest BCUT2D eigenvalue weighted by atomic mass is 32.2. The minimum Gasteiger partial charge on any atom is -0.348 e. The number of piperidine rings is 1. The topological polar surface area (TPSA) is 108 Å². The van der Waals surface area contributed by atoms with E-state index in [-0.39, 0.29) is 22.9 Å². The summed E-state index contributed by atoms with van der Waals surface area (Å²) in [5.74, 6) is 0.360. The summed E-state index contributed by atoms with van der Waals surface area (Å²) >= 11 is 0. The molecule has 3 N–H and O–H groups in total. The Bertz CT molecular complexity index is 1090. The molecule has 0 aliphatic carbocycles. The zero-order chi connectivity index (χ0) is 24.9. The monoisotopic (exact) mass is 486 g/mol. The second-order valence-corrected chi connectivity index (χ2v) is 11.4. The van der Waals surface area contributed by atoms with Gasteiger partial charge in [-0.2, -0.15) is 4.31 Å². The Kier molecular flexibility index (Phi) is 8.33. The van der Waals surface area contributed by atoms with E-state index in [1.165, 1.54) is 12.1 Å². The molecule has 184 valence electrons. The molecule has 8 nitrogen and oxygen atoms in total. The van der Waals surface area contributed by atoms with Gasteiger partial charge in [0.2, 0.25) is 10.0 Å². The standard InChI is InChI=1S/C25H34N4O4S/c1-17(2)27-25(31)28-22-9-5-20(6-10-22)14-26-24(30)21-7-11-23(12-8-21)34(32,33)29-15-18(3)13-19(4)16-29/h5-12,17-19H,13-16H2,1-4H3,(H,26,30)(H2,27,28,31). The number of hydrogen-bond donors (Lipinski definition) is 3. The van der Waals surface area contributed by atoms with Crippen LogP contribution in [0.1, 0.15) is 50.0 Å². The Labute approximate surface area is 202 Å². The highest BCUT2D eigenvalue weighted by Gasteiger charge is 2.31. The molecule has 1 heterocycles. The van der Waals surface area contributed by atoms with Gasteiger partial charge in [0.15, 0.2) is 0 Å². The number of benzene rings is 2. The van der Waals surface area contributed by atoms with Crippen LogP contribution in [-0.2, 0) is 16.6 Å². The molecule has 34 heavy (non-hydrogen) atoms. The number of rotatable bonds is 7. The third-order valence-corrected chi connectivity index (χ3v) is 7.52. The molecule has 1 aliphatic heterocycles. The average molecular weight is 487 g/mol. The van der Waals surface area contributed by atoms with Gasteiger partial charge >= 0.3 is 6.03 Å². The minimum absolute atomic E-state index is 0.0424. The normalized spacial score (nSPS) is 19.0. The number of urea groups is 1. The second kappa shape index (κ2) is 11.0. The summed E-state index contributed by atoms with van der Waals surface area (Å²) in [6, 6.07) is 13.0. The summed E-state index contributed by atoms with van der Waals surface area (Å²) < 4.78 is 27.6. The molecular weight excluding hydrogens is 452 g/mol. The van der Waals surface area contributed by atoms with Gasteiger partial charge in [-0.25, -0.2) is 13.2 Å². The van der Waals surface area contributed by atoms with Crippen LogP contribution in [0.4, 0.5) is 10.5 Å². The number of sulfonamides is 1. The van der Waals surface area contributed by atoms with Crippen LogP contribution in [0.2, 0.25) is 0 Å². The van der Waals surface area contributed by atoms with E-state index in [1.54, 1.807) is 28.6 Å². The Morgan fingerprint density at radius 1 is 0.971 bits per heavy atom. The van der Waals surface area contributed by atoms with Crippen molar-refractivity contribution in [2.24, 2.45) is 11.8 Å². The molecular formula is C25H34N4O4S. The molecule has 9 heteroatoms. The molecule has 1 fully saturated rings. The molecule has 2 unspecified atom stereocenters. The zero-order valence-electron chi connectivity index (χ0n) is 20.2. The van der Waals surface area contributed by atoms with E-state index in [1.807, 2.05) is 26.0 Å². The predicted octanol–water partition coefficient (Wildman–Crippen LogP) is 3.81. The molecule has 0 saturated carbocycles. The molecule has 0 radical (unpaired) electrons. The second-order valence-electron chi connectivity index (χ2n) is 9.43. The summed E-state index contributed by atoms with van der Waals surface area (Å²) in [5, 5.41) is 8.34. The summed E-state index contributed by atoms with van der Waals surface area (Å²) in [7, 11) is -3.58. The first kappa shape index (κ1) is 25.7. The molecule has 3 rings (SSSR count). The fourth-order valence-electron chi connectivity index (χ4n) is 4.15. The van der Waals surface area contributed by atoms with Crippen molar-refractivity contribution < 1.29 is 18.0 Å². The quantitative estimate of drug-likeness (QED) is 0.553. The van der Waals surface area contributed by atoms with Crippen LogP contribution in [0, 0.1) is 11.8 Å². The van der Waals surface area contributed by atoms with Gasteiger partial charge in [-0.15, -0.1) is 0 Å². The number of carbonyl (C=O) groups excluding carboxylic acids is 2. The van der Waals surface area contributed by atoms with Crippen molar-refractivity contribution in [3.63, 3.8) is 0 Å². The smallest absolute Gasteiger partial charge is 0.319 e. The number of carbonyl (C=O) groups is 2. The molecule has 2 atom stereocenters. The molecule has 2 aromatic carbocycles. The number of anilines is 1. The fourth-order valence-corrected chi connectivity index (χ4v) is 5.83. The van der Waals surface area contributed by atoms with Crippen molar-refractivity contribution in [3.05, 3.63) is 59.7 Å². The van der Waals surface area contributed by atoms with E-state index in [2.05, 4.69) is 29.8 Å². The number of hydrogen-bond acceptors (Lipinski definition) is 4. The van der Waals surface area contributed by atoms with Gasteiger partial charge in [-0.3, -0.25) is 4.79 Å². The maximum atomic E-state index is 13.0. The lowest BCUT2D eigenvalue weighted by atomic mass is 9.94. The first-order chi connectivity index (χ1) is 16.0. The van der Waals surface area contributed by atoms with E-state index in [0.717, 1.165) is 12.0 Å². The van der Waals surface area contributed by atoms with Crippen LogP contribution in [-0.4, -0.2) is 43.8 Å². The highest BCUT2D eigenvalue weighted by Crippen LogP contribution is 2.26. The average Bonchev–Trinajstić information content (AvgIpc) is 2.77. The molecule has 0 spiro atoms. The molecule has 0 aromatic heterocycles. The first-order valence-corrected chi connectivity index (χ1v) is 13.0. The Balaban J connectivity index is 1.56. The van der Waals surface area contributed by atoms with Gasteiger partial charge in [0.25, 0.3) is 5.91 Å². The van der Waals surface area contributed by atoms with Crippen LogP contribution < -0.4 is 16.0 Å². The SMILES string of the molecule is CC1CC(C)CN(S(=O)(=O)c2ccc(C(=O)NCc3ccc(NC(=O)NC(C)C)cc3)cc2)C1. The molecule has 1 aliphatic rings. The third kappa shape index (κ3) is 6.80. The van der Waals surface area contributed by atoms with E-state index in [4.69, 9.17) is 0 Å². The lowest BCUT2D eigenvalue weighted by Gasteiger charge is -2.34. The summed E-state index contributed by atoms with van der Waals surface area (Å²) in [6.07, 6.45) is 1.03. The van der Waals surface area contributed by atoms with Gasteiger partial charge in [-0.05, 0) is 74.1 Å². The summed E-state index contributed by atoms with van der Waals surface area (Å²) in [6.45, 7) is 9.25. The molecule has 2 aromatic rings. The Hall–Kier alpha value is -2.91. The minimum atomic E-state index is -3.58. The fraction of sp³-hybridized carbons (Fsp3) is 0.440. The lowest BCUT2D eigenvalue weighted by molar-refractivity contribution is 0.0950. The van der Waals surface area contributed by atoms with Gasteiger partial charge in [0.05, 0.1) is 4.90 Å². The van der Waals surface area contributed by atoms with Crippen LogP contribution in [0.15, 0.2) is 53.4 Å². The Morgan fingerprint density at radius 2 is 1.56 bits per heavy atom. The van der Waals surface area contributed by atoms with Crippen molar-refractivity contribution in [2.45, 2.75) is 51.6 Å². The zero-order valence-corrected chi connectivity index (χ0v) is 21.0. The summed E-state index contributed by atoms with van der Waals surface area (Å²) in [5.41, 5.74) is 1.92. The molecule has 1 saturated heterocycles. The van der Waals surface area contributed by atoms with Crippen LogP contribution >= 0.6 is 0 Å². The number of nitrogens with one attached hydrogen (secondary N) is 3. The van der Waals surface area contributed by atoms with Crippen LogP contribution in [0.25, 0.3) is 0 Å². The van der Waals surface area contributed by atoms with Crippen molar-refractivity contribution in [1.82, 2.24) is 14.9 Å². The van der Waals surface area contributed by atoms with Gasteiger partial charge in [0, 0.05) is 36.9 Å². The third-order valence-electron chi connectivity index (χ3n) is 5.67. The Morgan fingerprint density at radius 3 is 2.12 bits per heavy atom. The van der Waals surface area contributed by atoms with Crippen molar-refractivity contribution in [2.75, 3.05) is 18.4 Å². The van der Waals surface area contributed by atoms with Crippen LogP contribution in [0.5, 0.6) is 0 Å². The van der Waals surface area contributed by atoms with Crippen LogP contribution in [0.3, 0.4) is 0 Å². The number of amides is 3. The highest BCUT2D eigenvalue weighted by molar-refractivity contribution is 7.89. The van der Waals surface area contributed by atoms with E-state index < -0.39 is 10.0 Å². The van der Waals surface area contributed by atoms with Crippen molar-refractivity contribution in [3.8, 4) is 0 Å². The van der Waals surface area contributed by atoms with Gasteiger partial charge in [-0.1, -0.05) is 26.0 Å². The maximum Gasteiger partial charge on any atom is 0.319 e. The van der Waals surface area contributed by atoms with Gasteiger partial charge in [0.1, 0.15) is 0 Å². The van der Waals surface area contributed by atoms with Crippen molar-refractivity contribution >= 4 is 27.6 Å². The molecule has 3 amide bonds. The maximum absolute atomic E-state index is 13.0. The van der Waals surface area contributed by atoms with Crippen molar-refractivity contribution in [1.29, 1.82) is 0 Å². The van der Waals surface area contributed by atoms with E-state index in [9.17, 15) is 18.0 Å². The number of nitrogens with zero attached hydrogens (tertiary/aromatic N) is 1. The van der Waals surface area contributed by atoms with E-state index in [0.29, 0.717) is 42.7 Å². The van der Waals surface area contributed by atoms with Gasteiger partial charge < -0.3 is 16.0 Å². The molecule has 0 bridgehead atoms.